The normalized spacial score (nSPS) is 16.3. The highest BCUT2D eigenvalue weighted by Crippen LogP contribution is 2.43. The lowest BCUT2D eigenvalue weighted by Crippen LogP contribution is -2.47. The number of hydrogen-bond acceptors (Lipinski definition) is 9. The van der Waals surface area contributed by atoms with Crippen LogP contribution in [0, 0.1) is 0 Å². The van der Waals surface area contributed by atoms with Crippen molar-refractivity contribution < 1.29 is 14.1 Å². The molecule has 0 bridgehead atoms. The minimum atomic E-state index is -2.34. The monoisotopic (exact) mass is 560 g/mol. The first kappa shape index (κ1) is 26.2. The van der Waals surface area contributed by atoms with E-state index in [-0.39, 0.29) is 6.54 Å². The number of nitrogens with zero attached hydrogens (tertiary/aromatic N) is 7. The maximum Gasteiger partial charge on any atom is 0.317 e. The third kappa shape index (κ3) is 5.92. The predicted molar refractivity (Wildman–Crippen MR) is 157 cm³/mol. The number of nitrogens with one attached hydrogen (secondary N) is 1. The van der Waals surface area contributed by atoms with Crippen LogP contribution in [-0.2, 0) is 14.5 Å². The lowest BCUT2D eigenvalue weighted by atomic mass is 10.2. The van der Waals surface area contributed by atoms with E-state index in [9.17, 15) is 9.00 Å². The van der Waals surface area contributed by atoms with Crippen LogP contribution in [0.1, 0.15) is 24.5 Å². The van der Waals surface area contributed by atoms with Crippen LogP contribution in [0.2, 0.25) is 0 Å². The van der Waals surface area contributed by atoms with E-state index in [1.807, 2.05) is 35.4 Å². The molecule has 1 aromatic carbocycles. The Kier molecular flexibility index (Phi) is 6.88. The highest BCUT2D eigenvalue weighted by molar-refractivity contribution is 7.92. The summed E-state index contributed by atoms with van der Waals surface area (Å²) in [6.45, 7) is 3.11. The summed E-state index contributed by atoms with van der Waals surface area (Å²) < 4.78 is 18.6. The summed E-state index contributed by atoms with van der Waals surface area (Å²) in [6.07, 6.45) is 7.27. The number of aromatic nitrogens is 4. The van der Waals surface area contributed by atoms with Gasteiger partial charge in [-0.05, 0) is 61.2 Å². The van der Waals surface area contributed by atoms with Gasteiger partial charge < -0.3 is 15.3 Å². The maximum absolute atomic E-state index is 12.3. The number of aliphatic carboxylic acids is 1. The molecule has 208 valence electrons. The van der Waals surface area contributed by atoms with Crippen LogP contribution in [0.15, 0.2) is 59.1 Å². The van der Waals surface area contributed by atoms with E-state index < -0.39 is 15.7 Å². The molecule has 12 heteroatoms. The number of carboxylic acids is 1. The van der Waals surface area contributed by atoms with Crippen molar-refractivity contribution in [3.8, 4) is 5.82 Å². The molecule has 1 aliphatic carbocycles. The molecule has 2 N–H and O–H groups in total. The number of fused-ring (bicyclic) bond motifs is 1. The van der Waals surface area contributed by atoms with E-state index in [0.29, 0.717) is 23.5 Å². The third-order valence-corrected chi connectivity index (χ3v) is 7.67. The maximum atomic E-state index is 12.3. The molecule has 11 nitrogen and oxygen atoms in total. The van der Waals surface area contributed by atoms with Crippen LogP contribution in [0.4, 0.5) is 23.1 Å². The van der Waals surface area contributed by atoms with E-state index in [2.05, 4.69) is 42.3 Å². The minimum Gasteiger partial charge on any atom is -0.480 e. The summed E-state index contributed by atoms with van der Waals surface area (Å²) in [4.78, 5) is 29.3. The van der Waals surface area contributed by atoms with Crippen molar-refractivity contribution in [2.45, 2.75) is 18.8 Å². The second kappa shape index (κ2) is 10.5. The third-order valence-electron chi connectivity index (χ3n) is 7.05. The van der Waals surface area contributed by atoms with Crippen LogP contribution >= 0.6 is 0 Å². The van der Waals surface area contributed by atoms with Gasteiger partial charge >= 0.3 is 5.97 Å². The Bertz CT molecular complexity index is 1670. The Balaban J connectivity index is 1.24. The Morgan fingerprint density at radius 1 is 1.07 bits per heavy atom. The van der Waals surface area contributed by atoms with Gasteiger partial charge in [0.15, 0.2) is 11.5 Å². The first-order valence-corrected chi connectivity index (χ1v) is 15.6. The number of carbonyl (C=O) groups is 1. The molecule has 1 saturated carbocycles. The molecule has 0 atom stereocenters. The largest absolute Gasteiger partial charge is 0.480 e. The molecule has 40 heavy (non-hydrogen) atoms. The molecule has 1 aliphatic heterocycles. The molecule has 0 amide bonds. The standard InChI is InChI=1S/C28H32N8O3S/c1-40(2,39)33-24-4-3-5-25(31-24)36-23(19-6-7-19)16-20-17-29-28(32-27(20)36)30-21-8-10-22(11-9-21)35-14-12-34(13-15-35)18-26(37)38/h3-5,8-11,16-17,19H,6-7,12-15,18H2,1-2H3,(H,37,38)(H,29,30,32). The number of hydrogen-bond donors (Lipinski definition) is 2. The van der Waals surface area contributed by atoms with Gasteiger partial charge in [0.25, 0.3) is 0 Å². The molecule has 3 aromatic heterocycles. The average molecular weight is 561 g/mol. The summed E-state index contributed by atoms with van der Waals surface area (Å²) in [5.74, 6) is 1.28. The SMILES string of the molecule is CS(C)(=O)=Nc1cccc(-n2c(C3CC3)cc3cnc(Nc4ccc(N5CCN(CC(=O)O)CC5)cc4)nc32)n1. The number of benzene rings is 1. The van der Waals surface area contributed by atoms with Crippen molar-refractivity contribution in [3.63, 3.8) is 0 Å². The number of pyridine rings is 1. The van der Waals surface area contributed by atoms with Gasteiger partial charge in [-0.25, -0.2) is 14.2 Å². The molecule has 2 aliphatic rings. The summed E-state index contributed by atoms with van der Waals surface area (Å²) in [5.41, 5.74) is 3.87. The van der Waals surface area contributed by atoms with Gasteiger partial charge in [0.1, 0.15) is 5.82 Å². The average Bonchev–Trinajstić information content (AvgIpc) is 3.69. The topological polar surface area (TPSA) is 129 Å². The van der Waals surface area contributed by atoms with E-state index in [1.54, 1.807) is 18.6 Å². The highest BCUT2D eigenvalue weighted by Gasteiger charge is 2.29. The molecule has 4 aromatic rings. The van der Waals surface area contributed by atoms with Gasteiger partial charge in [-0.3, -0.25) is 14.3 Å². The predicted octanol–water partition coefficient (Wildman–Crippen LogP) is 4.00. The van der Waals surface area contributed by atoms with Crippen molar-refractivity contribution in [2.75, 3.05) is 55.5 Å². The molecule has 4 heterocycles. The Hall–Kier alpha value is -4.03. The lowest BCUT2D eigenvalue weighted by molar-refractivity contribution is -0.138. The van der Waals surface area contributed by atoms with Crippen molar-refractivity contribution in [1.29, 1.82) is 0 Å². The number of rotatable bonds is 8. The number of carboxylic acid groups (broad SMARTS) is 1. The van der Waals surface area contributed by atoms with Gasteiger partial charge in [0, 0.05) is 77.1 Å². The Morgan fingerprint density at radius 3 is 2.50 bits per heavy atom. The van der Waals surface area contributed by atoms with Crippen LogP contribution < -0.4 is 10.2 Å². The number of piperazine rings is 1. The van der Waals surface area contributed by atoms with E-state index in [0.717, 1.165) is 67.1 Å². The van der Waals surface area contributed by atoms with Crippen molar-refractivity contribution >= 4 is 49.9 Å². The minimum absolute atomic E-state index is 0.0860. The lowest BCUT2D eigenvalue weighted by Gasteiger charge is -2.35. The highest BCUT2D eigenvalue weighted by atomic mass is 32.2. The van der Waals surface area contributed by atoms with Gasteiger partial charge in [-0.2, -0.15) is 9.35 Å². The van der Waals surface area contributed by atoms with E-state index in [1.165, 1.54) is 0 Å². The zero-order chi connectivity index (χ0) is 27.9. The second-order valence-electron chi connectivity index (χ2n) is 10.6. The summed E-state index contributed by atoms with van der Waals surface area (Å²) in [6, 6.07) is 15.8. The van der Waals surface area contributed by atoms with E-state index >= 15 is 0 Å². The zero-order valence-corrected chi connectivity index (χ0v) is 23.3. The molecule has 0 spiro atoms. The molecular formula is C28H32N8O3S. The first-order valence-electron chi connectivity index (χ1n) is 13.3. The smallest absolute Gasteiger partial charge is 0.317 e. The quantitative estimate of drug-likeness (QED) is 0.328. The van der Waals surface area contributed by atoms with Gasteiger partial charge in [0.05, 0.1) is 6.54 Å². The fourth-order valence-electron chi connectivity index (χ4n) is 5.04. The Morgan fingerprint density at radius 2 is 1.82 bits per heavy atom. The van der Waals surface area contributed by atoms with Crippen LogP contribution in [0.5, 0.6) is 0 Å². The van der Waals surface area contributed by atoms with Crippen molar-refractivity contribution in [2.24, 2.45) is 4.36 Å². The van der Waals surface area contributed by atoms with Gasteiger partial charge in [0.2, 0.25) is 5.95 Å². The van der Waals surface area contributed by atoms with Crippen molar-refractivity contribution in [3.05, 3.63) is 60.4 Å². The van der Waals surface area contributed by atoms with Crippen LogP contribution in [0.25, 0.3) is 16.9 Å². The molecular weight excluding hydrogens is 528 g/mol. The van der Waals surface area contributed by atoms with Crippen molar-refractivity contribution in [1.82, 2.24) is 24.4 Å². The van der Waals surface area contributed by atoms with Crippen LogP contribution in [-0.4, -0.2) is 84.9 Å². The molecule has 0 radical (unpaired) electrons. The van der Waals surface area contributed by atoms with E-state index in [4.69, 9.17) is 15.1 Å². The second-order valence-corrected chi connectivity index (χ2v) is 13.2. The van der Waals surface area contributed by atoms with Gasteiger partial charge in [-0.1, -0.05) is 6.07 Å². The zero-order valence-electron chi connectivity index (χ0n) is 22.5. The molecule has 1 saturated heterocycles. The summed E-state index contributed by atoms with van der Waals surface area (Å²) >= 11 is 0. The molecule has 6 rings (SSSR count). The number of anilines is 3. The Labute approximate surface area is 233 Å². The van der Waals surface area contributed by atoms with Gasteiger partial charge in [-0.15, -0.1) is 0 Å². The molecule has 2 fully saturated rings. The van der Waals surface area contributed by atoms with Crippen LogP contribution in [0.3, 0.4) is 0 Å². The summed E-state index contributed by atoms with van der Waals surface area (Å²) in [7, 11) is -2.34. The summed E-state index contributed by atoms with van der Waals surface area (Å²) in [5, 5.41) is 13.3. The molecule has 0 unspecified atom stereocenters. The fourth-order valence-corrected chi connectivity index (χ4v) is 5.59. The fraction of sp³-hybridized carbons (Fsp3) is 0.357. The first-order chi connectivity index (χ1) is 19.2.